The Labute approximate surface area is 248 Å². The van der Waals surface area contributed by atoms with Crippen molar-refractivity contribution in [1.29, 1.82) is 0 Å². The lowest BCUT2D eigenvalue weighted by Gasteiger charge is -2.30. The largest absolute Gasteiger partial charge is 0.335 e. The fourth-order valence-corrected chi connectivity index (χ4v) is 6.29. The zero-order chi connectivity index (χ0) is 28.7. The first-order chi connectivity index (χ1) is 20.5. The molecule has 0 spiro atoms. The lowest BCUT2D eigenvalue weighted by Crippen LogP contribution is -2.21. The van der Waals surface area contributed by atoms with E-state index in [-0.39, 0.29) is 5.54 Å². The second-order valence-electron chi connectivity index (χ2n) is 11.8. The molecule has 0 aliphatic rings. The Bertz CT molecular complexity index is 2010. The van der Waals surface area contributed by atoms with Crippen molar-refractivity contribution in [2.45, 2.75) is 26.3 Å². The number of hydrogen-bond acceptors (Lipinski definition) is 1. The zero-order valence-electron chi connectivity index (χ0n) is 24.3. The first kappa shape index (κ1) is 25.9. The van der Waals surface area contributed by atoms with Crippen LogP contribution >= 0.6 is 0 Å². The van der Waals surface area contributed by atoms with Gasteiger partial charge in [-0.3, -0.25) is 0 Å². The van der Waals surface area contributed by atoms with E-state index in [0.717, 1.165) is 17.1 Å². The minimum Gasteiger partial charge on any atom is -0.335 e. The van der Waals surface area contributed by atoms with Crippen LogP contribution < -0.4 is 4.90 Å². The van der Waals surface area contributed by atoms with Crippen LogP contribution in [0.2, 0.25) is 0 Å². The van der Waals surface area contributed by atoms with Crippen molar-refractivity contribution >= 4 is 38.9 Å². The molecule has 7 rings (SSSR count). The molecule has 0 unspecified atom stereocenters. The van der Waals surface area contributed by atoms with Crippen LogP contribution in [0.5, 0.6) is 0 Å². The lowest BCUT2D eigenvalue weighted by molar-refractivity contribution is 0.423. The average molecular weight is 543 g/mol. The normalized spacial score (nSPS) is 11.7. The molecule has 1 aromatic heterocycles. The van der Waals surface area contributed by atoms with Gasteiger partial charge in [0.25, 0.3) is 0 Å². The minimum absolute atomic E-state index is 0.0357. The first-order valence-electron chi connectivity index (χ1n) is 14.6. The summed E-state index contributed by atoms with van der Waals surface area (Å²) >= 11 is 0. The van der Waals surface area contributed by atoms with Gasteiger partial charge in [-0.1, -0.05) is 109 Å². The van der Waals surface area contributed by atoms with Gasteiger partial charge >= 0.3 is 0 Å². The fourth-order valence-electron chi connectivity index (χ4n) is 6.29. The summed E-state index contributed by atoms with van der Waals surface area (Å²) in [5.41, 5.74) is 10.7. The van der Waals surface area contributed by atoms with E-state index in [1.165, 1.54) is 44.1 Å². The Kier molecular flexibility index (Phi) is 6.40. The van der Waals surface area contributed by atoms with E-state index in [1.54, 1.807) is 0 Å². The molecule has 6 aromatic carbocycles. The van der Waals surface area contributed by atoms with Crippen molar-refractivity contribution in [1.82, 2.24) is 4.57 Å². The van der Waals surface area contributed by atoms with E-state index in [9.17, 15) is 0 Å². The van der Waals surface area contributed by atoms with Crippen molar-refractivity contribution in [2.75, 3.05) is 4.90 Å². The Morgan fingerprint density at radius 1 is 0.452 bits per heavy atom. The molecule has 0 saturated carbocycles. The molecule has 204 valence electrons. The van der Waals surface area contributed by atoms with Gasteiger partial charge in [-0.15, -0.1) is 0 Å². The third kappa shape index (κ3) is 4.46. The number of rotatable bonds is 5. The molecule has 0 bridgehead atoms. The smallest absolute Gasteiger partial charge is 0.0540 e. The molecular weight excluding hydrogens is 508 g/mol. The summed E-state index contributed by atoms with van der Waals surface area (Å²) in [6.45, 7) is 6.85. The topological polar surface area (TPSA) is 8.17 Å². The van der Waals surface area contributed by atoms with E-state index >= 15 is 0 Å². The van der Waals surface area contributed by atoms with Gasteiger partial charge in [-0.05, 0) is 74.4 Å². The highest BCUT2D eigenvalue weighted by molar-refractivity contribution is 6.10. The predicted molar refractivity (Wildman–Crippen MR) is 180 cm³/mol. The molecule has 0 atom stereocenters. The summed E-state index contributed by atoms with van der Waals surface area (Å²) in [6.07, 6.45) is 0. The summed E-state index contributed by atoms with van der Waals surface area (Å²) in [5.74, 6) is 0. The zero-order valence-corrected chi connectivity index (χ0v) is 24.3. The molecule has 0 fully saturated rings. The van der Waals surface area contributed by atoms with Gasteiger partial charge in [0, 0.05) is 44.2 Å². The molecule has 0 aliphatic heterocycles. The highest BCUT2D eigenvalue weighted by Gasteiger charge is 2.23. The molecule has 0 amide bonds. The molecule has 7 aromatic rings. The van der Waals surface area contributed by atoms with Crippen molar-refractivity contribution in [3.63, 3.8) is 0 Å². The van der Waals surface area contributed by atoms with Crippen LogP contribution in [-0.4, -0.2) is 4.57 Å². The summed E-state index contributed by atoms with van der Waals surface area (Å²) in [4.78, 5) is 2.40. The van der Waals surface area contributed by atoms with Crippen LogP contribution in [0.25, 0.3) is 44.1 Å². The maximum atomic E-state index is 2.47. The summed E-state index contributed by atoms with van der Waals surface area (Å²) in [7, 11) is 0. The van der Waals surface area contributed by atoms with Gasteiger partial charge in [0.2, 0.25) is 0 Å². The monoisotopic (exact) mass is 542 g/mol. The lowest BCUT2D eigenvalue weighted by atomic mass is 9.98. The molecule has 0 saturated heterocycles. The number of nitrogens with zero attached hydrogens (tertiary/aromatic N) is 2. The van der Waals surface area contributed by atoms with Crippen LogP contribution in [0.1, 0.15) is 20.8 Å². The van der Waals surface area contributed by atoms with Gasteiger partial charge < -0.3 is 9.47 Å². The Balaban J connectivity index is 1.47. The van der Waals surface area contributed by atoms with Crippen molar-refractivity contribution < 1.29 is 0 Å². The fraction of sp³-hybridized carbons (Fsp3) is 0.100. The Morgan fingerprint density at radius 2 is 0.976 bits per heavy atom. The van der Waals surface area contributed by atoms with Gasteiger partial charge in [0.15, 0.2) is 0 Å². The molecule has 0 aliphatic carbocycles. The molecule has 2 nitrogen and oxygen atoms in total. The quantitative estimate of drug-likeness (QED) is 0.210. The predicted octanol–water partition coefficient (Wildman–Crippen LogP) is 11.4. The summed E-state index contributed by atoms with van der Waals surface area (Å²) in [6, 6.07) is 54.6. The number of aromatic nitrogens is 1. The highest BCUT2D eigenvalue weighted by Crippen LogP contribution is 2.45. The van der Waals surface area contributed by atoms with Crippen LogP contribution in [0.4, 0.5) is 17.1 Å². The van der Waals surface area contributed by atoms with E-state index in [4.69, 9.17) is 0 Å². The molecule has 0 radical (unpaired) electrons. The van der Waals surface area contributed by atoms with Crippen LogP contribution in [0, 0.1) is 0 Å². The van der Waals surface area contributed by atoms with Gasteiger partial charge in [0.05, 0.1) is 11.4 Å². The second-order valence-corrected chi connectivity index (χ2v) is 11.8. The van der Waals surface area contributed by atoms with E-state index in [1.807, 2.05) is 0 Å². The van der Waals surface area contributed by atoms with Gasteiger partial charge in [-0.25, -0.2) is 0 Å². The number of hydrogen-bond donors (Lipinski definition) is 0. The number of para-hydroxylation sites is 4. The summed E-state index contributed by atoms with van der Waals surface area (Å²) in [5, 5.41) is 2.57. The standard InChI is InChI=1S/C40H34N2/c1-40(2,3)42-38-25-15-12-22-34(38)35-28-30(26-27-39(35)42)33-21-11-14-24-37(33)41(31-18-8-5-9-19-31)36-23-13-10-20-32(36)29-16-6-4-7-17-29/h4-28H,1-3H3. The maximum absolute atomic E-state index is 2.47. The highest BCUT2D eigenvalue weighted by atomic mass is 15.1. The molecular formula is C40H34N2. The van der Waals surface area contributed by atoms with Crippen LogP contribution in [0.3, 0.4) is 0 Å². The van der Waals surface area contributed by atoms with Crippen molar-refractivity contribution in [3.8, 4) is 22.3 Å². The minimum atomic E-state index is -0.0357. The molecule has 42 heavy (non-hydrogen) atoms. The third-order valence-corrected chi connectivity index (χ3v) is 8.04. The molecule has 1 heterocycles. The van der Waals surface area contributed by atoms with E-state index < -0.39 is 0 Å². The van der Waals surface area contributed by atoms with Crippen LogP contribution in [-0.2, 0) is 5.54 Å². The van der Waals surface area contributed by atoms with Gasteiger partial charge in [0.1, 0.15) is 0 Å². The van der Waals surface area contributed by atoms with Crippen molar-refractivity contribution in [2.24, 2.45) is 0 Å². The molecule has 2 heteroatoms. The number of anilines is 3. The number of fused-ring (bicyclic) bond motifs is 3. The Morgan fingerprint density at radius 3 is 1.64 bits per heavy atom. The molecule has 0 N–H and O–H groups in total. The maximum Gasteiger partial charge on any atom is 0.0540 e. The van der Waals surface area contributed by atoms with E-state index in [2.05, 4.69) is 182 Å². The average Bonchev–Trinajstić information content (AvgIpc) is 3.37. The first-order valence-corrected chi connectivity index (χ1v) is 14.6. The second kappa shape index (κ2) is 10.4. The van der Waals surface area contributed by atoms with Crippen LogP contribution in [0.15, 0.2) is 152 Å². The van der Waals surface area contributed by atoms with Gasteiger partial charge in [-0.2, -0.15) is 0 Å². The SMILES string of the molecule is CC(C)(C)n1c2ccccc2c2cc(-c3ccccc3N(c3ccccc3)c3ccccc3-c3ccccc3)ccc21. The summed E-state index contributed by atoms with van der Waals surface area (Å²) < 4.78 is 2.47. The van der Waals surface area contributed by atoms with E-state index in [0.29, 0.717) is 0 Å². The Hall–Kier alpha value is -5.08. The number of benzene rings is 6. The van der Waals surface area contributed by atoms with Crippen molar-refractivity contribution in [3.05, 3.63) is 152 Å². The third-order valence-electron chi connectivity index (χ3n) is 8.04.